The summed E-state index contributed by atoms with van der Waals surface area (Å²) >= 11 is 0. The van der Waals surface area contributed by atoms with Gasteiger partial charge in [-0.3, -0.25) is 13.8 Å². The van der Waals surface area contributed by atoms with E-state index in [4.69, 9.17) is 4.42 Å². The first-order chi connectivity index (χ1) is 20.2. The van der Waals surface area contributed by atoms with Crippen LogP contribution in [0.2, 0.25) is 0 Å². The average Bonchev–Trinajstić information content (AvgIpc) is 3.64. The van der Waals surface area contributed by atoms with E-state index in [2.05, 4.69) is 15.3 Å². The quantitative estimate of drug-likeness (QED) is 0.267. The molecule has 216 valence electrons. The van der Waals surface area contributed by atoms with Crippen LogP contribution in [0.1, 0.15) is 11.5 Å². The Kier molecular flexibility index (Phi) is 7.27. The number of aromatic nitrogens is 4. The number of hydrogen-bond donors (Lipinski definition) is 0. The van der Waals surface area contributed by atoms with Crippen LogP contribution in [0.3, 0.4) is 0 Å². The molecule has 2 amide bonds. The van der Waals surface area contributed by atoms with Crippen LogP contribution in [-0.2, 0) is 30.6 Å². The molecule has 13 heteroatoms. The number of rotatable bonds is 5. The fourth-order valence-electron chi connectivity index (χ4n) is 4.84. The lowest BCUT2D eigenvalue weighted by Gasteiger charge is -2.33. The largest absolute Gasteiger partial charge is 0.470 e. The molecule has 3 aromatic carbocycles. The van der Waals surface area contributed by atoms with E-state index in [-0.39, 0.29) is 18.5 Å². The smallest absolute Gasteiger partial charge is 0.413 e. The van der Waals surface area contributed by atoms with Crippen LogP contribution < -0.4 is 4.90 Å². The molecule has 1 fully saturated rings. The zero-order valence-corrected chi connectivity index (χ0v) is 23.2. The minimum Gasteiger partial charge on any atom is -0.413 e. The minimum absolute atomic E-state index is 0.195. The number of anilines is 1. The van der Waals surface area contributed by atoms with E-state index in [0.717, 1.165) is 27.6 Å². The molecular formula is C29H25F3N6O3S. The van der Waals surface area contributed by atoms with Crippen molar-refractivity contribution in [1.29, 1.82) is 0 Å². The first-order valence-electron chi connectivity index (χ1n) is 13.1. The molecule has 9 nitrogen and oxygen atoms in total. The number of benzene rings is 3. The molecule has 0 aliphatic carbocycles. The molecule has 0 saturated carbocycles. The van der Waals surface area contributed by atoms with Crippen LogP contribution in [0.4, 0.5) is 23.7 Å². The van der Waals surface area contributed by atoms with Crippen LogP contribution in [0.25, 0.3) is 33.5 Å². The predicted molar refractivity (Wildman–Crippen MR) is 152 cm³/mol. The van der Waals surface area contributed by atoms with Crippen LogP contribution in [0.15, 0.2) is 77.3 Å². The van der Waals surface area contributed by atoms with Gasteiger partial charge in [-0.2, -0.15) is 18.3 Å². The summed E-state index contributed by atoms with van der Waals surface area (Å²) < 4.78 is 57.2. The number of carbonyl (C=O) groups excluding carboxylic acids is 1. The molecule has 1 saturated heterocycles. The Morgan fingerprint density at radius 1 is 0.976 bits per heavy atom. The molecule has 0 bridgehead atoms. The van der Waals surface area contributed by atoms with E-state index in [1.807, 2.05) is 49.5 Å². The van der Waals surface area contributed by atoms with Crippen LogP contribution in [0, 0.1) is 0 Å². The summed E-state index contributed by atoms with van der Waals surface area (Å²) in [4.78, 5) is 17.2. The summed E-state index contributed by atoms with van der Waals surface area (Å²) in [6, 6.07) is 20.1. The van der Waals surface area contributed by atoms with Crippen molar-refractivity contribution in [3.8, 4) is 22.6 Å². The van der Waals surface area contributed by atoms with Gasteiger partial charge in [0.25, 0.3) is 0 Å². The molecule has 0 atom stereocenters. The van der Waals surface area contributed by atoms with Gasteiger partial charge in [0.2, 0.25) is 5.89 Å². The maximum Gasteiger partial charge on any atom is 0.470 e. The van der Waals surface area contributed by atoms with Gasteiger partial charge in [0.05, 0.1) is 18.3 Å². The van der Waals surface area contributed by atoms with Crippen LogP contribution >= 0.6 is 0 Å². The highest BCUT2D eigenvalue weighted by Crippen LogP contribution is 2.32. The molecule has 42 heavy (non-hydrogen) atoms. The molecule has 3 heterocycles. The van der Waals surface area contributed by atoms with Gasteiger partial charge in [0.1, 0.15) is 0 Å². The molecule has 0 radical (unpaired) electrons. The lowest BCUT2D eigenvalue weighted by Crippen LogP contribution is -2.48. The summed E-state index contributed by atoms with van der Waals surface area (Å²) in [7, 11) is 0.936. The molecule has 0 unspecified atom stereocenters. The topological polar surface area (TPSA) is 97.4 Å². The molecule has 0 spiro atoms. The fourth-order valence-corrected chi connectivity index (χ4v) is 5.89. The normalized spacial score (nSPS) is 14.4. The average molecular weight is 595 g/mol. The summed E-state index contributed by atoms with van der Waals surface area (Å²) in [6.45, 7) is 0.966. The van der Waals surface area contributed by atoms with Crippen molar-refractivity contribution in [3.63, 3.8) is 0 Å². The molecule has 2 aromatic heterocycles. The van der Waals surface area contributed by atoms with Crippen molar-refractivity contribution < 1.29 is 26.6 Å². The third-order valence-electron chi connectivity index (χ3n) is 7.13. The van der Waals surface area contributed by atoms with Crippen molar-refractivity contribution in [1.82, 2.24) is 24.9 Å². The highest BCUT2D eigenvalue weighted by molar-refractivity contribution is 7.85. The van der Waals surface area contributed by atoms with E-state index in [0.29, 0.717) is 35.8 Å². The van der Waals surface area contributed by atoms with Crippen LogP contribution in [0.5, 0.6) is 0 Å². The molecule has 1 aliphatic rings. The first-order valence-corrected chi connectivity index (χ1v) is 14.6. The van der Waals surface area contributed by atoms with Crippen molar-refractivity contribution in [2.45, 2.75) is 12.7 Å². The predicted octanol–water partition coefficient (Wildman–Crippen LogP) is 5.50. The lowest BCUT2D eigenvalue weighted by atomic mass is 10.0. The Labute approximate surface area is 241 Å². The summed E-state index contributed by atoms with van der Waals surface area (Å²) in [6.07, 6.45) is -2.92. The van der Waals surface area contributed by atoms with Crippen molar-refractivity contribution >= 4 is 33.4 Å². The Balaban J connectivity index is 1.31. The van der Waals surface area contributed by atoms with Gasteiger partial charge in [-0.15, -0.1) is 10.2 Å². The number of fused-ring (bicyclic) bond motifs is 1. The Morgan fingerprint density at radius 3 is 2.40 bits per heavy atom. The highest BCUT2D eigenvalue weighted by Gasteiger charge is 2.38. The monoisotopic (exact) mass is 594 g/mol. The zero-order chi connectivity index (χ0) is 29.4. The zero-order valence-electron chi connectivity index (χ0n) is 22.4. The van der Waals surface area contributed by atoms with Gasteiger partial charge in [0.15, 0.2) is 0 Å². The minimum atomic E-state index is -4.73. The molecule has 5 aromatic rings. The number of alkyl halides is 3. The fraction of sp³-hybridized carbons (Fsp3) is 0.241. The van der Waals surface area contributed by atoms with Crippen LogP contribution in [-0.4, -0.2) is 59.7 Å². The third kappa shape index (κ3) is 5.64. The van der Waals surface area contributed by atoms with E-state index >= 15 is 0 Å². The second-order valence-corrected chi connectivity index (χ2v) is 11.6. The number of urea groups is 1. The summed E-state index contributed by atoms with van der Waals surface area (Å²) in [5.74, 6) is -0.823. The second-order valence-electron chi connectivity index (χ2n) is 9.90. The van der Waals surface area contributed by atoms with Crippen molar-refractivity contribution in [3.05, 3.63) is 84.4 Å². The first kappa shape index (κ1) is 27.6. The molecular weight excluding hydrogens is 569 g/mol. The number of nitrogens with zero attached hydrogens (tertiary/aromatic N) is 6. The maximum absolute atomic E-state index is 13.8. The van der Waals surface area contributed by atoms with Crippen molar-refractivity contribution in [2.75, 3.05) is 29.5 Å². The van der Waals surface area contributed by atoms with E-state index < -0.39 is 22.9 Å². The molecule has 1 aliphatic heterocycles. The Hall–Kier alpha value is -4.52. The number of carbonyl (C=O) groups is 1. The van der Waals surface area contributed by atoms with Crippen molar-refractivity contribution in [2.24, 2.45) is 7.05 Å². The lowest BCUT2D eigenvalue weighted by molar-refractivity contribution is -0.156. The Morgan fingerprint density at radius 2 is 1.69 bits per heavy atom. The van der Waals surface area contributed by atoms with Gasteiger partial charge in [-0.25, -0.2) is 4.79 Å². The van der Waals surface area contributed by atoms with Gasteiger partial charge in [-0.1, -0.05) is 36.4 Å². The van der Waals surface area contributed by atoms with Gasteiger partial charge in [0, 0.05) is 59.1 Å². The highest BCUT2D eigenvalue weighted by atomic mass is 32.2. The van der Waals surface area contributed by atoms with Gasteiger partial charge >= 0.3 is 18.1 Å². The molecule has 6 rings (SSSR count). The number of hydrogen-bond acceptors (Lipinski definition) is 6. The number of amides is 2. The van der Waals surface area contributed by atoms with Gasteiger partial charge in [-0.05, 0) is 47.0 Å². The van der Waals surface area contributed by atoms with E-state index in [1.165, 1.54) is 0 Å². The number of aryl methyl sites for hydroxylation is 1. The van der Waals surface area contributed by atoms with Gasteiger partial charge < -0.3 is 9.32 Å². The second kappa shape index (κ2) is 11.0. The third-order valence-corrected chi connectivity index (χ3v) is 8.40. The van der Waals surface area contributed by atoms with E-state index in [1.54, 1.807) is 44.9 Å². The summed E-state index contributed by atoms with van der Waals surface area (Å²) in [5.41, 5.74) is 4.60. The summed E-state index contributed by atoms with van der Waals surface area (Å²) in [5, 5.41) is 11.9. The SMILES string of the molecule is Cn1ncc2ccc(-c3cccc(N(Cc4ccc(-c5nnc(C(F)(F)F)o5)cc4)C(=O)N4CCS(=O)CC4)c3)cc21. The molecule has 0 N–H and O–H groups in total. The Bertz CT molecular complexity index is 1770. The number of halogens is 3. The van der Waals surface area contributed by atoms with E-state index in [9.17, 15) is 22.2 Å². The standard InChI is InChI=1S/C29H25F3N6O3S/c1-36-25-16-22(9-10-23(25)17-33-36)21-3-2-4-24(15-21)38(28(39)37-11-13-42(40)14-12-37)18-19-5-7-20(8-6-19)26-34-35-27(41-26)29(30,31)32/h2-10,15-17H,11-14,18H2,1H3. The maximum atomic E-state index is 13.8.